The van der Waals surface area contributed by atoms with Crippen LogP contribution in [0.2, 0.25) is 0 Å². The van der Waals surface area contributed by atoms with Crippen LogP contribution in [0.25, 0.3) is 0 Å². The third-order valence-electron chi connectivity index (χ3n) is 4.51. The number of rotatable bonds is 8. The molecule has 0 aromatic heterocycles. The summed E-state index contributed by atoms with van der Waals surface area (Å²) in [6.45, 7) is 18.2. The molecule has 1 aromatic carbocycles. The Labute approximate surface area is 184 Å². The summed E-state index contributed by atoms with van der Waals surface area (Å²) in [4.78, 5) is 35.5. The number of ether oxygens (including phenoxy) is 2. The number of amides is 1. The molecule has 0 aliphatic heterocycles. The molecule has 31 heavy (non-hydrogen) atoms. The summed E-state index contributed by atoms with van der Waals surface area (Å²) >= 11 is 0. The summed E-state index contributed by atoms with van der Waals surface area (Å²) in [6.07, 6.45) is 0.527. The number of carbonyl (C=O) groups is 3. The zero-order valence-electron chi connectivity index (χ0n) is 19.2. The van der Waals surface area contributed by atoms with Crippen LogP contribution in [0.5, 0.6) is 5.75 Å². The van der Waals surface area contributed by atoms with E-state index < -0.39 is 30.6 Å². The Morgan fingerprint density at radius 2 is 1.48 bits per heavy atom. The van der Waals surface area contributed by atoms with Crippen LogP contribution in [0.15, 0.2) is 37.4 Å². The molecule has 7 nitrogen and oxygen atoms in total. The summed E-state index contributed by atoms with van der Waals surface area (Å²) in [7, 11) is 0. The summed E-state index contributed by atoms with van der Waals surface area (Å²) in [5.74, 6) is -1.95. The van der Waals surface area contributed by atoms with Gasteiger partial charge in [0.1, 0.15) is 12.4 Å². The van der Waals surface area contributed by atoms with Crippen LogP contribution in [-0.2, 0) is 41.2 Å². The molecular weight excluding hydrogens is 398 g/mol. The maximum Gasteiger partial charge on any atom is 0.331 e. The summed E-state index contributed by atoms with van der Waals surface area (Å²) in [5.41, 5.74) is 1.67. The van der Waals surface area contributed by atoms with Gasteiger partial charge in [-0.3, -0.25) is 4.79 Å². The lowest BCUT2D eigenvalue weighted by Crippen LogP contribution is -2.40. The molecule has 170 valence electrons. The average Bonchev–Trinajstić information content (AvgIpc) is 2.67. The van der Waals surface area contributed by atoms with Gasteiger partial charge in [-0.25, -0.2) is 9.59 Å². The van der Waals surface area contributed by atoms with Gasteiger partial charge in [0.05, 0.1) is 0 Å². The number of hydrogen-bond acceptors (Lipinski definition) is 6. The van der Waals surface area contributed by atoms with E-state index >= 15 is 0 Å². The van der Waals surface area contributed by atoms with Crippen LogP contribution >= 0.6 is 0 Å². The maximum atomic E-state index is 12.6. The molecule has 2 N–H and O–H groups in total. The fourth-order valence-electron chi connectivity index (χ4n) is 2.81. The number of phenols is 1. The zero-order chi connectivity index (χ0) is 24.0. The van der Waals surface area contributed by atoms with E-state index in [2.05, 4.69) is 18.5 Å². The van der Waals surface area contributed by atoms with Crippen LogP contribution in [-0.4, -0.2) is 35.7 Å². The Morgan fingerprint density at radius 1 is 1.00 bits per heavy atom. The van der Waals surface area contributed by atoms with E-state index in [4.69, 9.17) is 9.47 Å². The maximum absolute atomic E-state index is 12.6. The molecule has 0 fully saturated rings. The topological polar surface area (TPSA) is 102 Å². The third kappa shape index (κ3) is 7.59. The van der Waals surface area contributed by atoms with Crippen molar-refractivity contribution in [2.45, 2.75) is 65.0 Å². The molecular formula is C24H33NO6. The van der Waals surface area contributed by atoms with Gasteiger partial charge in [-0.15, -0.1) is 0 Å². The molecule has 0 aliphatic rings. The lowest BCUT2D eigenvalue weighted by atomic mass is 9.78. The highest BCUT2D eigenvalue weighted by molar-refractivity contribution is 5.88. The predicted octanol–water partition coefficient (Wildman–Crippen LogP) is 3.43. The number of phenolic OH excluding ortho intramolecular Hbond substituents is 1. The van der Waals surface area contributed by atoms with Crippen LogP contribution in [0.1, 0.15) is 58.2 Å². The SMILES string of the molecule is C=CC(=O)OCC(OC(=O)C=C)C(=O)NCc1cc(C(C)(C)C)c(O)c(C(C)(C)C)c1. The van der Waals surface area contributed by atoms with E-state index in [-0.39, 0.29) is 23.1 Å². The Hall–Kier alpha value is -3.09. The van der Waals surface area contributed by atoms with Crippen molar-refractivity contribution >= 4 is 17.8 Å². The van der Waals surface area contributed by atoms with Crippen molar-refractivity contribution < 1.29 is 29.0 Å². The number of hydrogen-bond donors (Lipinski definition) is 2. The fourth-order valence-corrected chi connectivity index (χ4v) is 2.81. The molecule has 1 rings (SSSR count). The predicted molar refractivity (Wildman–Crippen MR) is 119 cm³/mol. The first-order chi connectivity index (χ1) is 14.2. The minimum Gasteiger partial charge on any atom is -0.507 e. The lowest BCUT2D eigenvalue weighted by Gasteiger charge is -2.28. The average molecular weight is 432 g/mol. The van der Waals surface area contributed by atoms with Gasteiger partial charge in [0.25, 0.3) is 5.91 Å². The minimum absolute atomic E-state index is 0.128. The fraction of sp³-hybridized carbons (Fsp3) is 0.458. The van der Waals surface area contributed by atoms with Crippen molar-refractivity contribution in [1.29, 1.82) is 0 Å². The van der Waals surface area contributed by atoms with E-state index in [1.54, 1.807) is 0 Å². The smallest absolute Gasteiger partial charge is 0.331 e. The Balaban J connectivity index is 3.13. The molecule has 0 heterocycles. The largest absolute Gasteiger partial charge is 0.507 e. The molecule has 1 amide bonds. The second-order valence-electron chi connectivity index (χ2n) is 9.22. The number of nitrogens with one attached hydrogen (secondary N) is 1. The first kappa shape index (κ1) is 25.9. The number of esters is 2. The highest BCUT2D eigenvalue weighted by Gasteiger charge is 2.27. The molecule has 0 saturated carbocycles. The van der Waals surface area contributed by atoms with Crippen LogP contribution in [0.4, 0.5) is 0 Å². The number of carbonyl (C=O) groups excluding carboxylic acids is 3. The first-order valence-electron chi connectivity index (χ1n) is 9.97. The zero-order valence-corrected chi connectivity index (χ0v) is 19.2. The number of benzene rings is 1. The first-order valence-corrected chi connectivity index (χ1v) is 9.97. The Bertz CT molecular complexity index is 823. The van der Waals surface area contributed by atoms with Gasteiger partial charge in [-0.2, -0.15) is 0 Å². The quantitative estimate of drug-likeness (QED) is 0.483. The highest BCUT2D eigenvalue weighted by Crippen LogP contribution is 2.39. The Kier molecular flexibility index (Phi) is 8.61. The highest BCUT2D eigenvalue weighted by atomic mass is 16.6. The van der Waals surface area contributed by atoms with Crippen molar-refractivity contribution in [3.8, 4) is 5.75 Å². The molecule has 0 radical (unpaired) electrons. The van der Waals surface area contributed by atoms with E-state index in [1.807, 2.05) is 53.7 Å². The van der Waals surface area contributed by atoms with E-state index in [0.29, 0.717) is 0 Å². The lowest BCUT2D eigenvalue weighted by molar-refractivity contribution is -0.159. The Morgan fingerprint density at radius 3 is 1.90 bits per heavy atom. The van der Waals surface area contributed by atoms with Crippen LogP contribution in [0.3, 0.4) is 0 Å². The van der Waals surface area contributed by atoms with Crippen molar-refractivity contribution in [3.05, 3.63) is 54.1 Å². The summed E-state index contributed by atoms with van der Waals surface area (Å²) in [6, 6.07) is 3.68. The molecule has 7 heteroatoms. The van der Waals surface area contributed by atoms with Gasteiger partial charge in [-0.1, -0.05) is 54.7 Å². The van der Waals surface area contributed by atoms with Gasteiger partial charge in [0, 0.05) is 18.7 Å². The van der Waals surface area contributed by atoms with Crippen LogP contribution < -0.4 is 5.32 Å². The van der Waals surface area contributed by atoms with E-state index in [1.165, 1.54) is 0 Å². The summed E-state index contributed by atoms with van der Waals surface area (Å²) in [5, 5.41) is 13.5. The third-order valence-corrected chi connectivity index (χ3v) is 4.51. The standard InChI is InChI=1S/C24H33NO6/c1-9-19(26)30-14-18(31-20(27)10-2)22(29)25-13-15-11-16(23(3,4)5)21(28)17(12-15)24(6,7)8/h9-12,18,28H,1-2,13-14H2,3-8H3,(H,25,29). The van der Waals surface area contributed by atoms with E-state index in [0.717, 1.165) is 28.8 Å². The molecule has 0 spiro atoms. The van der Waals surface area contributed by atoms with Gasteiger partial charge in [-0.05, 0) is 39.7 Å². The normalized spacial score (nSPS) is 12.5. The van der Waals surface area contributed by atoms with Crippen LogP contribution in [0, 0.1) is 0 Å². The second-order valence-corrected chi connectivity index (χ2v) is 9.22. The minimum atomic E-state index is -1.34. The molecule has 0 saturated heterocycles. The molecule has 1 aromatic rings. The van der Waals surface area contributed by atoms with Gasteiger partial charge < -0.3 is 19.9 Å². The van der Waals surface area contributed by atoms with Gasteiger partial charge in [0.2, 0.25) is 6.10 Å². The second kappa shape index (κ2) is 10.3. The van der Waals surface area contributed by atoms with Gasteiger partial charge in [0.15, 0.2) is 0 Å². The van der Waals surface area contributed by atoms with Crippen molar-refractivity contribution in [1.82, 2.24) is 5.32 Å². The monoisotopic (exact) mass is 431 g/mol. The summed E-state index contributed by atoms with van der Waals surface area (Å²) < 4.78 is 9.85. The van der Waals surface area contributed by atoms with Gasteiger partial charge >= 0.3 is 11.9 Å². The van der Waals surface area contributed by atoms with Crippen molar-refractivity contribution in [2.24, 2.45) is 0 Å². The number of aromatic hydroxyl groups is 1. The molecule has 0 aliphatic carbocycles. The van der Waals surface area contributed by atoms with E-state index in [9.17, 15) is 19.5 Å². The van der Waals surface area contributed by atoms with Crippen molar-refractivity contribution in [3.63, 3.8) is 0 Å². The van der Waals surface area contributed by atoms with Crippen molar-refractivity contribution in [2.75, 3.05) is 6.61 Å². The molecule has 0 bridgehead atoms. The molecule has 1 unspecified atom stereocenters. The molecule has 1 atom stereocenters.